The summed E-state index contributed by atoms with van der Waals surface area (Å²) in [5.74, 6) is -0.112. The van der Waals surface area contributed by atoms with E-state index >= 15 is 0 Å². The monoisotopic (exact) mass is 252 g/mol. The zero-order chi connectivity index (χ0) is 13.4. The summed E-state index contributed by atoms with van der Waals surface area (Å²) in [4.78, 5) is 2.18. The highest BCUT2D eigenvalue weighted by atomic mass is 19.1. The van der Waals surface area contributed by atoms with Gasteiger partial charge in [-0.25, -0.2) is 4.39 Å². The molecule has 2 nitrogen and oxygen atoms in total. The van der Waals surface area contributed by atoms with Crippen LogP contribution in [0.25, 0.3) is 0 Å². The number of nitrogens with zero attached hydrogens (tertiary/aromatic N) is 1. The number of benzene rings is 1. The molecule has 0 aliphatic rings. The molecule has 0 saturated carbocycles. The lowest BCUT2D eigenvalue weighted by atomic mass is 10.1. The Kier molecular flexibility index (Phi) is 6.91. The summed E-state index contributed by atoms with van der Waals surface area (Å²) >= 11 is 0. The third kappa shape index (κ3) is 5.15. The van der Waals surface area contributed by atoms with Crippen LogP contribution in [0.1, 0.15) is 32.3 Å². The van der Waals surface area contributed by atoms with Crippen molar-refractivity contribution in [2.24, 2.45) is 0 Å². The van der Waals surface area contributed by atoms with E-state index in [1.807, 2.05) is 19.2 Å². The van der Waals surface area contributed by atoms with Crippen LogP contribution in [0.5, 0.6) is 0 Å². The number of hydrogen-bond donors (Lipinski definition) is 1. The van der Waals surface area contributed by atoms with Gasteiger partial charge in [0.15, 0.2) is 0 Å². The summed E-state index contributed by atoms with van der Waals surface area (Å²) in [6.07, 6.45) is 2.25. The van der Waals surface area contributed by atoms with Crippen molar-refractivity contribution in [3.8, 4) is 0 Å². The molecule has 0 saturated heterocycles. The zero-order valence-corrected chi connectivity index (χ0v) is 11.7. The summed E-state index contributed by atoms with van der Waals surface area (Å²) in [7, 11) is 2.04. The van der Waals surface area contributed by atoms with Gasteiger partial charge in [-0.15, -0.1) is 0 Å². The van der Waals surface area contributed by atoms with Crippen molar-refractivity contribution in [3.05, 3.63) is 35.6 Å². The van der Waals surface area contributed by atoms with Gasteiger partial charge in [0.25, 0.3) is 0 Å². The molecule has 0 aromatic heterocycles. The van der Waals surface area contributed by atoms with E-state index < -0.39 is 0 Å². The van der Waals surface area contributed by atoms with Gasteiger partial charge in [0, 0.05) is 24.7 Å². The Morgan fingerprint density at radius 2 is 2.00 bits per heavy atom. The molecule has 1 rings (SSSR count). The molecule has 0 spiro atoms. The fourth-order valence-corrected chi connectivity index (χ4v) is 2.04. The smallest absolute Gasteiger partial charge is 0.127 e. The van der Waals surface area contributed by atoms with Crippen LogP contribution in [0.4, 0.5) is 4.39 Å². The molecular formula is C15H25FN2. The molecule has 0 radical (unpaired) electrons. The van der Waals surface area contributed by atoms with Crippen molar-refractivity contribution in [2.75, 3.05) is 20.1 Å². The second-order valence-electron chi connectivity index (χ2n) is 4.85. The van der Waals surface area contributed by atoms with E-state index in [0.717, 1.165) is 31.5 Å². The standard InChI is InChI=1S/C15H25FN2/c1-4-10-17-14(5-2)12-18(3)11-13-8-6-7-9-15(13)16/h6-9,14,17H,4-5,10-12H2,1-3H3. The van der Waals surface area contributed by atoms with Crippen LogP contribution >= 0.6 is 0 Å². The van der Waals surface area contributed by atoms with Gasteiger partial charge < -0.3 is 10.2 Å². The molecule has 1 aromatic rings. The minimum Gasteiger partial charge on any atom is -0.313 e. The number of halogens is 1. The van der Waals surface area contributed by atoms with Crippen LogP contribution in [0.2, 0.25) is 0 Å². The first-order chi connectivity index (χ1) is 8.67. The fraction of sp³-hybridized carbons (Fsp3) is 0.600. The third-order valence-corrected chi connectivity index (χ3v) is 3.11. The first-order valence-electron chi connectivity index (χ1n) is 6.82. The summed E-state index contributed by atoms with van der Waals surface area (Å²) < 4.78 is 13.5. The highest BCUT2D eigenvalue weighted by Crippen LogP contribution is 2.09. The Labute approximate surface area is 110 Å². The van der Waals surface area contributed by atoms with E-state index in [1.54, 1.807) is 6.07 Å². The molecule has 18 heavy (non-hydrogen) atoms. The topological polar surface area (TPSA) is 15.3 Å². The molecule has 1 atom stereocenters. The van der Waals surface area contributed by atoms with Crippen molar-refractivity contribution in [1.82, 2.24) is 10.2 Å². The van der Waals surface area contributed by atoms with Crippen LogP contribution in [-0.2, 0) is 6.54 Å². The largest absolute Gasteiger partial charge is 0.313 e. The van der Waals surface area contributed by atoms with E-state index in [-0.39, 0.29) is 5.82 Å². The molecule has 102 valence electrons. The van der Waals surface area contributed by atoms with E-state index in [1.165, 1.54) is 6.07 Å². The second-order valence-corrected chi connectivity index (χ2v) is 4.85. The molecule has 0 aliphatic heterocycles. The molecule has 1 aromatic carbocycles. The molecular weight excluding hydrogens is 227 g/mol. The van der Waals surface area contributed by atoms with Gasteiger partial charge >= 0.3 is 0 Å². The van der Waals surface area contributed by atoms with Gasteiger partial charge in [-0.05, 0) is 32.5 Å². The van der Waals surface area contributed by atoms with Crippen molar-refractivity contribution in [2.45, 2.75) is 39.3 Å². The highest BCUT2D eigenvalue weighted by molar-refractivity contribution is 5.16. The quantitative estimate of drug-likeness (QED) is 0.765. The Bertz CT molecular complexity index is 341. The van der Waals surface area contributed by atoms with Crippen LogP contribution in [0, 0.1) is 5.82 Å². The summed E-state index contributed by atoms with van der Waals surface area (Å²) in [5, 5.41) is 3.51. The molecule has 0 fully saturated rings. The van der Waals surface area contributed by atoms with Crippen molar-refractivity contribution >= 4 is 0 Å². The van der Waals surface area contributed by atoms with Gasteiger partial charge in [-0.3, -0.25) is 0 Å². The summed E-state index contributed by atoms with van der Waals surface area (Å²) in [5.41, 5.74) is 0.769. The average Bonchev–Trinajstić information content (AvgIpc) is 2.37. The second kappa shape index (κ2) is 8.22. The zero-order valence-electron chi connectivity index (χ0n) is 11.7. The van der Waals surface area contributed by atoms with Crippen LogP contribution in [-0.4, -0.2) is 31.1 Å². The normalized spacial score (nSPS) is 12.9. The summed E-state index contributed by atoms with van der Waals surface area (Å²) in [6, 6.07) is 7.49. The number of hydrogen-bond acceptors (Lipinski definition) is 2. The van der Waals surface area contributed by atoms with Gasteiger partial charge in [-0.2, -0.15) is 0 Å². The maximum absolute atomic E-state index is 13.5. The molecule has 0 aliphatic carbocycles. The minimum absolute atomic E-state index is 0.112. The van der Waals surface area contributed by atoms with Crippen LogP contribution in [0.15, 0.2) is 24.3 Å². The summed E-state index contributed by atoms with van der Waals surface area (Å²) in [6.45, 7) is 7.01. The first kappa shape index (κ1) is 15.1. The van der Waals surface area contributed by atoms with Gasteiger partial charge in [0.1, 0.15) is 5.82 Å². The fourth-order valence-electron chi connectivity index (χ4n) is 2.04. The first-order valence-corrected chi connectivity index (χ1v) is 6.82. The lowest BCUT2D eigenvalue weighted by molar-refractivity contribution is 0.274. The Balaban J connectivity index is 2.45. The molecule has 3 heteroatoms. The maximum Gasteiger partial charge on any atom is 0.127 e. The average molecular weight is 252 g/mol. The van der Waals surface area contributed by atoms with Crippen LogP contribution < -0.4 is 5.32 Å². The lowest BCUT2D eigenvalue weighted by Gasteiger charge is -2.24. The Hall–Kier alpha value is -0.930. The SMILES string of the molecule is CCCNC(CC)CN(C)Cc1ccccc1F. The number of likely N-dealkylation sites (N-methyl/N-ethyl adjacent to an activating group) is 1. The molecule has 0 bridgehead atoms. The molecule has 0 amide bonds. The molecule has 1 N–H and O–H groups in total. The Morgan fingerprint density at radius 1 is 1.28 bits per heavy atom. The van der Waals surface area contributed by atoms with Gasteiger partial charge in [-0.1, -0.05) is 32.0 Å². The predicted octanol–water partition coefficient (Wildman–Crippen LogP) is 3.04. The molecule has 1 unspecified atom stereocenters. The third-order valence-electron chi connectivity index (χ3n) is 3.11. The van der Waals surface area contributed by atoms with Crippen molar-refractivity contribution in [1.29, 1.82) is 0 Å². The number of rotatable bonds is 8. The van der Waals surface area contributed by atoms with Crippen molar-refractivity contribution in [3.63, 3.8) is 0 Å². The Morgan fingerprint density at radius 3 is 2.61 bits per heavy atom. The van der Waals surface area contributed by atoms with Gasteiger partial charge in [0.05, 0.1) is 0 Å². The maximum atomic E-state index is 13.5. The van der Waals surface area contributed by atoms with E-state index in [2.05, 4.69) is 24.1 Å². The van der Waals surface area contributed by atoms with E-state index in [4.69, 9.17) is 0 Å². The van der Waals surface area contributed by atoms with E-state index in [9.17, 15) is 4.39 Å². The van der Waals surface area contributed by atoms with Gasteiger partial charge in [0.2, 0.25) is 0 Å². The van der Waals surface area contributed by atoms with Crippen LogP contribution in [0.3, 0.4) is 0 Å². The van der Waals surface area contributed by atoms with Crippen molar-refractivity contribution < 1.29 is 4.39 Å². The highest BCUT2D eigenvalue weighted by Gasteiger charge is 2.10. The minimum atomic E-state index is -0.112. The number of nitrogens with one attached hydrogen (secondary N) is 1. The van der Waals surface area contributed by atoms with E-state index in [0.29, 0.717) is 12.6 Å². The molecule has 0 heterocycles. The lowest BCUT2D eigenvalue weighted by Crippen LogP contribution is -2.39. The predicted molar refractivity (Wildman–Crippen MR) is 75.1 cm³/mol.